The minimum absolute atomic E-state index is 0.0714. The van der Waals surface area contributed by atoms with Crippen molar-refractivity contribution in [3.8, 4) is 5.75 Å². The van der Waals surface area contributed by atoms with Gasteiger partial charge in [-0.3, -0.25) is 19.8 Å². The van der Waals surface area contributed by atoms with E-state index in [1.54, 1.807) is 7.05 Å². The van der Waals surface area contributed by atoms with Crippen LogP contribution in [-0.2, 0) is 13.5 Å². The summed E-state index contributed by atoms with van der Waals surface area (Å²) in [6, 6.07) is 4.97. The summed E-state index contributed by atoms with van der Waals surface area (Å²) in [7, 11) is 1.59. The highest BCUT2D eigenvalue weighted by molar-refractivity contribution is 5.67. The molecule has 24 heavy (non-hydrogen) atoms. The highest BCUT2D eigenvalue weighted by Gasteiger charge is 2.30. The molecule has 7 nitrogen and oxygen atoms in total. The molecule has 1 aromatic carbocycles. The molecule has 0 bridgehead atoms. The first-order chi connectivity index (χ1) is 11.2. The summed E-state index contributed by atoms with van der Waals surface area (Å²) in [6.45, 7) is 1.54. The summed E-state index contributed by atoms with van der Waals surface area (Å²) in [5.74, 6) is -0.348. The van der Waals surface area contributed by atoms with Gasteiger partial charge in [0.2, 0.25) is 0 Å². The Morgan fingerprint density at radius 3 is 2.54 bits per heavy atom. The molecule has 2 rings (SSSR count). The van der Waals surface area contributed by atoms with Gasteiger partial charge in [0.05, 0.1) is 10.6 Å². The van der Waals surface area contributed by atoms with Crippen LogP contribution in [0.2, 0.25) is 0 Å². The van der Waals surface area contributed by atoms with Gasteiger partial charge < -0.3 is 4.74 Å². The summed E-state index contributed by atoms with van der Waals surface area (Å²) in [4.78, 5) is 14.6. The minimum atomic E-state index is -4.75. The largest absolute Gasteiger partial charge is 0.573 e. The number of aromatic nitrogens is 2. The number of nitro groups is 1. The van der Waals surface area contributed by atoms with E-state index in [1.807, 2.05) is 0 Å². The molecule has 0 aliphatic rings. The second-order valence-corrected chi connectivity index (χ2v) is 4.82. The molecular formula is C14H13F3N4O3. The molecule has 0 amide bonds. The van der Waals surface area contributed by atoms with E-state index in [9.17, 15) is 23.3 Å². The standard InChI is InChI=1S/C14H13F3N4O3/c1-9-13(21(22)23)12(20(2)19-9)7-8-18-10-3-5-11(6-4-10)24-14(15,16)17/h3-6,8H,7H2,1-2H3. The van der Waals surface area contributed by atoms with E-state index in [0.717, 1.165) is 12.1 Å². The molecule has 0 aliphatic carbocycles. The Morgan fingerprint density at radius 1 is 1.38 bits per heavy atom. The third-order valence-corrected chi connectivity index (χ3v) is 3.08. The lowest BCUT2D eigenvalue weighted by atomic mass is 10.2. The van der Waals surface area contributed by atoms with Crippen molar-refractivity contribution in [2.75, 3.05) is 0 Å². The number of hydrogen-bond donors (Lipinski definition) is 0. The molecule has 0 spiro atoms. The first kappa shape index (κ1) is 17.4. The number of hydrogen-bond acceptors (Lipinski definition) is 5. The van der Waals surface area contributed by atoms with Crippen LogP contribution < -0.4 is 4.74 Å². The lowest BCUT2D eigenvalue weighted by molar-refractivity contribution is -0.386. The molecule has 0 radical (unpaired) electrons. The first-order valence-corrected chi connectivity index (χ1v) is 6.72. The zero-order valence-corrected chi connectivity index (χ0v) is 12.7. The summed E-state index contributed by atoms with van der Waals surface area (Å²) < 4.78 is 41.3. The van der Waals surface area contributed by atoms with E-state index >= 15 is 0 Å². The van der Waals surface area contributed by atoms with Gasteiger partial charge in [-0.15, -0.1) is 13.2 Å². The van der Waals surface area contributed by atoms with Crippen molar-refractivity contribution in [2.45, 2.75) is 19.7 Å². The Hall–Kier alpha value is -2.91. The van der Waals surface area contributed by atoms with Crippen LogP contribution in [0.15, 0.2) is 29.3 Å². The van der Waals surface area contributed by atoms with Gasteiger partial charge in [0.25, 0.3) is 0 Å². The molecular weight excluding hydrogens is 329 g/mol. The van der Waals surface area contributed by atoms with E-state index in [0.29, 0.717) is 17.1 Å². The molecule has 0 aliphatic heterocycles. The predicted octanol–water partition coefficient (Wildman–Crippen LogP) is 3.48. The molecule has 128 valence electrons. The third-order valence-electron chi connectivity index (χ3n) is 3.08. The smallest absolute Gasteiger partial charge is 0.406 e. The second kappa shape index (κ2) is 6.69. The van der Waals surface area contributed by atoms with Crippen LogP contribution in [0.3, 0.4) is 0 Å². The van der Waals surface area contributed by atoms with Crippen molar-refractivity contribution in [2.24, 2.45) is 12.0 Å². The van der Waals surface area contributed by atoms with Crippen LogP contribution in [0.1, 0.15) is 11.4 Å². The van der Waals surface area contributed by atoms with Crippen molar-refractivity contribution in [3.63, 3.8) is 0 Å². The van der Waals surface area contributed by atoms with Gasteiger partial charge in [0, 0.05) is 19.7 Å². The Bertz CT molecular complexity index is 767. The number of alkyl halides is 3. The highest BCUT2D eigenvalue weighted by Crippen LogP contribution is 2.25. The number of aliphatic imine (C=N–C) groups is 1. The second-order valence-electron chi connectivity index (χ2n) is 4.82. The number of aryl methyl sites for hydroxylation is 2. The lowest BCUT2D eigenvalue weighted by Crippen LogP contribution is -2.16. The topological polar surface area (TPSA) is 82.5 Å². The van der Waals surface area contributed by atoms with E-state index in [-0.39, 0.29) is 17.9 Å². The van der Waals surface area contributed by atoms with Crippen LogP contribution >= 0.6 is 0 Å². The Kier molecular flexibility index (Phi) is 4.86. The summed E-state index contributed by atoms with van der Waals surface area (Å²) in [5, 5.41) is 15.0. The van der Waals surface area contributed by atoms with E-state index < -0.39 is 11.3 Å². The molecule has 0 fully saturated rings. The van der Waals surface area contributed by atoms with Crippen LogP contribution in [0.5, 0.6) is 5.75 Å². The van der Waals surface area contributed by atoms with Crippen molar-refractivity contribution in [1.29, 1.82) is 0 Å². The fraction of sp³-hybridized carbons (Fsp3) is 0.286. The van der Waals surface area contributed by atoms with Crippen molar-refractivity contribution in [3.05, 3.63) is 45.8 Å². The lowest BCUT2D eigenvalue weighted by Gasteiger charge is -2.08. The maximum Gasteiger partial charge on any atom is 0.573 e. The van der Waals surface area contributed by atoms with Crippen LogP contribution in [0.4, 0.5) is 24.5 Å². The molecule has 0 saturated carbocycles. The number of rotatable bonds is 5. The number of ether oxygens (including phenoxy) is 1. The molecule has 0 atom stereocenters. The molecule has 0 saturated heterocycles. The van der Waals surface area contributed by atoms with Gasteiger partial charge in [-0.1, -0.05) is 0 Å². The van der Waals surface area contributed by atoms with Crippen LogP contribution in [0.25, 0.3) is 0 Å². The third kappa shape index (κ3) is 4.31. The van der Waals surface area contributed by atoms with Crippen molar-refractivity contribution < 1.29 is 22.8 Å². The molecule has 2 aromatic rings. The average Bonchev–Trinajstić information content (AvgIpc) is 2.73. The monoisotopic (exact) mass is 342 g/mol. The fourth-order valence-corrected chi connectivity index (χ4v) is 2.13. The molecule has 1 heterocycles. The zero-order chi connectivity index (χ0) is 17.9. The summed E-state index contributed by atoms with van der Waals surface area (Å²) in [6.07, 6.45) is -3.15. The normalized spacial score (nSPS) is 11.9. The van der Waals surface area contributed by atoms with Gasteiger partial charge in [-0.25, -0.2) is 0 Å². The molecule has 1 aromatic heterocycles. The van der Waals surface area contributed by atoms with E-state index in [1.165, 1.54) is 30.0 Å². The summed E-state index contributed by atoms with van der Waals surface area (Å²) in [5.41, 5.74) is 1.02. The average molecular weight is 342 g/mol. The fourth-order valence-electron chi connectivity index (χ4n) is 2.13. The summed E-state index contributed by atoms with van der Waals surface area (Å²) >= 11 is 0. The zero-order valence-electron chi connectivity index (χ0n) is 12.7. The van der Waals surface area contributed by atoms with Gasteiger partial charge in [0.15, 0.2) is 0 Å². The Balaban J connectivity index is 2.09. The van der Waals surface area contributed by atoms with Crippen molar-refractivity contribution >= 4 is 17.6 Å². The number of nitrogens with zero attached hydrogens (tertiary/aromatic N) is 4. The molecule has 10 heteroatoms. The Labute approximate surface area is 134 Å². The van der Waals surface area contributed by atoms with Crippen LogP contribution in [0, 0.1) is 17.0 Å². The Morgan fingerprint density at radius 2 is 2.00 bits per heavy atom. The maximum absolute atomic E-state index is 12.1. The SMILES string of the molecule is Cc1nn(C)c(CC=Nc2ccc(OC(F)(F)F)cc2)c1[N+](=O)[O-]. The van der Waals surface area contributed by atoms with Gasteiger partial charge in [-0.2, -0.15) is 5.10 Å². The number of benzene rings is 1. The highest BCUT2D eigenvalue weighted by atomic mass is 19.4. The predicted molar refractivity (Wildman–Crippen MR) is 79.6 cm³/mol. The maximum atomic E-state index is 12.1. The molecule has 0 N–H and O–H groups in total. The molecule has 0 unspecified atom stereocenters. The van der Waals surface area contributed by atoms with E-state index in [2.05, 4.69) is 14.8 Å². The van der Waals surface area contributed by atoms with Gasteiger partial charge in [-0.05, 0) is 31.2 Å². The van der Waals surface area contributed by atoms with Crippen molar-refractivity contribution in [1.82, 2.24) is 9.78 Å². The first-order valence-electron chi connectivity index (χ1n) is 6.72. The quantitative estimate of drug-likeness (QED) is 0.473. The van der Waals surface area contributed by atoms with Crippen LogP contribution in [-0.4, -0.2) is 27.3 Å². The number of halogens is 3. The van der Waals surface area contributed by atoms with Gasteiger partial charge >= 0.3 is 12.0 Å². The van der Waals surface area contributed by atoms with E-state index in [4.69, 9.17) is 0 Å². The minimum Gasteiger partial charge on any atom is -0.406 e. The van der Waals surface area contributed by atoms with Gasteiger partial charge in [0.1, 0.15) is 17.1 Å².